The van der Waals surface area contributed by atoms with Gasteiger partial charge in [-0.3, -0.25) is 4.79 Å². The Hall–Kier alpha value is -2.62. The van der Waals surface area contributed by atoms with Gasteiger partial charge in [-0.1, -0.05) is 24.3 Å². The van der Waals surface area contributed by atoms with Crippen molar-refractivity contribution >= 4 is 10.9 Å². The second-order valence-electron chi connectivity index (χ2n) is 6.64. The number of aliphatic hydroxyl groups excluding tert-OH is 4. The predicted octanol–water partition coefficient (Wildman–Crippen LogP) is -0.122. The summed E-state index contributed by atoms with van der Waals surface area (Å²) < 4.78 is 11.0. The smallest absolute Gasteiger partial charge is 0.229 e. The first-order chi connectivity index (χ1) is 13.5. The van der Waals surface area contributed by atoms with Crippen molar-refractivity contribution in [2.75, 3.05) is 6.61 Å². The van der Waals surface area contributed by atoms with Gasteiger partial charge in [-0.25, -0.2) is 4.98 Å². The molecule has 0 aromatic heterocycles. The molecule has 5 atom stereocenters. The summed E-state index contributed by atoms with van der Waals surface area (Å²) in [5, 5.41) is 40.2. The van der Waals surface area contributed by atoms with Crippen LogP contribution in [0.3, 0.4) is 0 Å². The molecular formula is C20H19NO7. The Labute approximate surface area is 159 Å². The molecule has 1 aromatic rings. The van der Waals surface area contributed by atoms with Crippen LogP contribution in [0.15, 0.2) is 53.3 Å². The van der Waals surface area contributed by atoms with Gasteiger partial charge in [0.05, 0.1) is 17.8 Å². The van der Waals surface area contributed by atoms with E-state index in [2.05, 4.69) is 4.98 Å². The van der Waals surface area contributed by atoms with E-state index >= 15 is 0 Å². The van der Waals surface area contributed by atoms with Crippen LogP contribution >= 0.6 is 0 Å². The van der Waals surface area contributed by atoms with Crippen LogP contribution in [-0.2, 0) is 4.74 Å². The van der Waals surface area contributed by atoms with Gasteiger partial charge in [0, 0.05) is 10.9 Å². The van der Waals surface area contributed by atoms with Gasteiger partial charge < -0.3 is 29.9 Å². The summed E-state index contributed by atoms with van der Waals surface area (Å²) in [5.41, 5.74) is 1.18. The molecule has 0 bridgehead atoms. The SMILES string of the molecule is O=c1ccc2nc3ccccc3ccc-2c1OC1O[C@H](CO)[C@H](O)[C@H](O)[C@H]1O. The summed E-state index contributed by atoms with van der Waals surface area (Å²) in [5.74, 6) is -0.102. The third kappa shape index (κ3) is 3.21. The summed E-state index contributed by atoms with van der Waals surface area (Å²) in [4.78, 5) is 17.0. The monoisotopic (exact) mass is 385 g/mol. The molecule has 0 amide bonds. The van der Waals surface area contributed by atoms with Crippen molar-refractivity contribution in [1.82, 2.24) is 4.98 Å². The summed E-state index contributed by atoms with van der Waals surface area (Å²) >= 11 is 0. The second kappa shape index (κ2) is 7.42. The van der Waals surface area contributed by atoms with Crippen LogP contribution in [0.5, 0.6) is 5.75 Å². The van der Waals surface area contributed by atoms with E-state index in [1.165, 1.54) is 6.07 Å². The van der Waals surface area contributed by atoms with E-state index in [1.807, 2.05) is 24.3 Å². The standard InChI is InChI=1S/C20H19NO7/c22-9-15-16(24)17(25)18(26)20(27-15)28-19-11-6-5-10-3-1-2-4-12(10)21-13(11)7-8-14(19)23/h1-8,15-18,20,22,24-26H,9H2/t15-,16+,17+,18-,20?/m1/s1. The van der Waals surface area contributed by atoms with Crippen LogP contribution in [0, 0.1) is 0 Å². The van der Waals surface area contributed by atoms with E-state index in [0.29, 0.717) is 11.3 Å². The Bertz CT molecular complexity index is 1020. The van der Waals surface area contributed by atoms with Crippen molar-refractivity contribution in [2.45, 2.75) is 30.7 Å². The van der Waals surface area contributed by atoms with Crippen LogP contribution in [0.1, 0.15) is 0 Å². The van der Waals surface area contributed by atoms with Gasteiger partial charge in [0.15, 0.2) is 5.75 Å². The highest BCUT2D eigenvalue weighted by molar-refractivity contribution is 5.82. The zero-order valence-electron chi connectivity index (χ0n) is 14.7. The minimum absolute atomic E-state index is 0.102. The van der Waals surface area contributed by atoms with Gasteiger partial charge in [0.2, 0.25) is 11.7 Å². The van der Waals surface area contributed by atoms with E-state index in [1.54, 1.807) is 18.2 Å². The molecule has 28 heavy (non-hydrogen) atoms. The molecule has 0 radical (unpaired) electrons. The highest BCUT2D eigenvalue weighted by Crippen LogP contribution is 2.31. The quantitative estimate of drug-likeness (QED) is 0.491. The summed E-state index contributed by atoms with van der Waals surface area (Å²) in [7, 11) is 0. The van der Waals surface area contributed by atoms with Gasteiger partial charge in [-0.05, 0) is 24.3 Å². The van der Waals surface area contributed by atoms with Crippen LogP contribution in [0.25, 0.3) is 22.2 Å². The number of hydrogen-bond donors (Lipinski definition) is 4. The molecule has 1 aliphatic carbocycles. The molecule has 2 heterocycles. The van der Waals surface area contributed by atoms with Crippen molar-refractivity contribution in [3.63, 3.8) is 0 Å². The maximum atomic E-state index is 12.5. The lowest BCUT2D eigenvalue weighted by Crippen LogP contribution is -2.60. The normalized spacial score (nSPS) is 27.8. The minimum atomic E-state index is -1.61. The minimum Gasteiger partial charge on any atom is -0.457 e. The molecule has 4 N–H and O–H groups in total. The Morgan fingerprint density at radius 1 is 0.964 bits per heavy atom. The van der Waals surface area contributed by atoms with E-state index in [0.717, 1.165) is 10.9 Å². The number of aliphatic hydroxyl groups is 4. The Kier molecular flexibility index (Phi) is 4.96. The number of rotatable bonds is 3. The molecule has 2 aliphatic heterocycles. The molecule has 4 rings (SSSR count). The first-order valence-corrected chi connectivity index (χ1v) is 8.79. The number of para-hydroxylation sites is 1. The molecular weight excluding hydrogens is 366 g/mol. The lowest BCUT2D eigenvalue weighted by Gasteiger charge is -2.39. The van der Waals surface area contributed by atoms with Crippen LogP contribution in [0.2, 0.25) is 0 Å². The third-order valence-corrected chi connectivity index (χ3v) is 4.83. The maximum absolute atomic E-state index is 12.5. The third-order valence-electron chi connectivity index (χ3n) is 4.83. The lowest BCUT2D eigenvalue weighted by molar-refractivity contribution is -0.277. The fourth-order valence-corrected chi connectivity index (χ4v) is 3.26. The topological polar surface area (TPSA) is 129 Å². The first-order valence-electron chi connectivity index (χ1n) is 8.79. The average Bonchev–Trinajstić information content (AvgIpc) is 2.89. The van der Waals surface area contributed by atoms with Crippen LogP contribution in [-0.4, -0.2) is 62.7 Å². The fourth-order valence-electron chi connectivity index (χ4n) is 3.26. The number of aromatic nitrogens is 1. The Morgan fingerprint density at radius 2 is 1.75 bits per heavy atom. The summed E-state index contributed by atoms with van der Waals surface area (Å²) in [6.07, 6.45) is -7.31. The number of nitrogens with zero attached hydrogens (tertiary/aromatic N) is 1. The number of fused-ring (bicyclic) bond motifs is 2. The molecule has 8 nitrogen and oxygen atoms in total. The Morgan fingerprint density at radius 3 is 2.54 bits per heavy atom. The van der Waals surface area contributed by atoms with E-state index in [-0.39, 0.29) is 5.75 Å². The number of hydrogen-bond acceptors (Lipinski definition) is 8. The first kappa shape index (κ1) is 18.7. The van der Waals surface area contributed by atoms with Gasteiger partial charge in [-0.15, -0.1) is 0 Å². The molecule has 1 aromatic carbocycles. The number of ether oxygens (including phenoxy) is 2. The summed E-state index contributed by atoms with van der Waals surface area (Å²) in [6, 6.07) is 13.8. The van der Waals surface area contributed by atoms with Crippen LogP contribution < -0.4 is 10.2 Å². The van der Waals surface area contributed by atoms with Gasteiger partial charge in [0.25, 0.3) is 0 Å². The zero-order valence-corrected chi connectivity index (χ0v) is 14.7. The molecule has 1 fully saturated rings. The largest absolute Gasteiger partial charge is 0.457 e. The molecule has 0 spiro atoms. The molecule has 8 heteroatoms. The van der Waals surface area contributed by atoms with Crippen molar-refractivity contribution in [3.8, 4) is 17.0 Å². The van der Waals surface area contributed by atoms with Crippen LogP contribution in [0.4, 0.5) is 0 Å². The number of benzene rings is 2. The zero-order chi connectivity index (χ0) is 19.8. The van der Waals surface area contributed by atoms with Crippen molar-refractivity contribution in [3.05, 3.63) is 58.8 Å². The summed E-state index contributed by atoms with van der Waals surface area (Å²) in [6.45, 7) is -0.591. The average molecular weight is 385 g/mol. The highest BCUT2D eigenvalue weighted by Gasteiger charge is 2.45. The highest BCUT2D eigenvalue weighted by atomic mass is 16.7. The van der Waals surface area contributed by atoms with Crippen molar-refractivity contribution in [1.29, 1.82) is 0 Å². The van der Waals surface area contributed by atoms with Gasteiger partial charge in [0.1, 0.15) is 24.4 Å². The van der Waals surface area contributed by atoms with Crippen molar-refractivity contribution in [2.24, 2.45) is 0 Å². The van der Waals surface area contributed by atoms with E-state index in [4.69, 9.17) is 9.47 Å². The molecule has 1 saturated heterocycles. The van der Waals surface area contributed by atoms with Gasteiger partial charge in [-0.2, -0.15) is 0 Å². The second-order valence-corrected chi connectivity index (χ2v) is 6.64. The lowest BCUT2D eigenvalue weighted by atomic mass is 9.99. The van der Waals surface area contributed by atoms with E-state index in [9.17, 15) is 25.2 Å². The fraction of sp³-hybridized carbons (Fsp3) is 0.300. The van der Waals surface area contributed by atoms with Crippen molar-refractivity contribution < 1.29 is 29.9 Å². The molecule has 146 valence electrons. The molecule has 3 aliphatic rings. The molecule has 0 saturated carbocycles. The Balaban J connectivity index is 1.77. The van der Waals surface area contributed by atoms with E-state index < -0.39 is 42.7 Å². The van der Waals surface area contributed by atoms with Gasteiger partial charge >= 0.3 is 0 Å². The maximum Gasteiger partial charge on any atom is 0.229 e. The molecule has 1 unspecified atom stereocenters. The predicted molar refractivity (Wildman–Crippen MR) is 99.0 cm³/mol.